The van der Waals surface area contributed by atoms with Gasteiger partial charge in [0, 0.05) is 12.1 Å². The van der Waals surface area contributed by atoms with E-state index >= 15 is 0 Å². The molecule has 0 saturated carbocycles. The number of piperidine rings is 1. The standard InChI is InChI=1S/C13H17NO3/c1-16-9-5-6-12(17-2)11(8-9)10-4-3-7-14-13(10)15/h5-6,8,10H,3-4,7H2,1-2H3,(H,14,15). The number of amides is 1. The van der Waals surface area contributed by atoms with E-state index in [-0.39, 0.29) is 11.8 Å². The van der Waals surface area contributed by atoms with Crippen LogP contribution in [0.4, 0.5) is 0 Å². The molecule has 1 aliphatic rings. The van der Waals surface area contributed by atoms with Gasteiger partial charge >= 0.3 is 0 Å². The predicted molar refractivity (Wildman–Crippen MR) is 64.5 cm³/mol. The second-order valence-corrected chi connectivity index (χ2v) is 4.09. The molecule has 1 aromatic carbocycles. The van der Waals surface area contributed by atoms with E-state index in [0.29, 0.717) is 0 Å². The van der Waals surface area contributed by atoms with Crippen molar-refractivity contribution in [3.63, 3.8) is 0 Å². The molecular weight excluding hydrogens is 218 g/mol. The van der Waals surface area contributed by atoms with E-state index < -0.39 is 0 Å². The summed E-state index contributed by atoms with van der Waals surface area (Å²) in [6, 6.07) is 5.56. The molecule has 1 N–H and O–H groups in total. The summed E-state index contributed by atoms with van der Waals surface area (Å²) >= 11 is 0. The molecule has 92 valence electrons. The van der Waals surface area contributed by atoms with Gasteiger partial charge < -0.3 is 14.8 Å². The Morgan fingerprint density at radius 1 is 1.29 bits per heavy atom. The molecule has 1 saturated heterocycles. The van der Waals surface area contributed by atoms with Crippen molar-refractivity contribution in [3.05, 3.63) is 23.8 Å². The minimum Gasteiger partial charge on any atom is -0.497 e. The van der Waals surface area contributed by atoms with Crippen LogP contribution in [0.15, 0.2) is 18.2 Å². The highest BCUT2D eigenvalue weighted by molar-refractivity contribution is 5.85. The Morgan fingerprint density at radius 2 is 2.12 bits per heavy atom. The van der Waals surface area contributed by atoms with Gasteiger partial charge in [0.25, 0.3) is 0 Å². The lowest BCUT2D eigenvalue weighted by Crippen LogP contribution is -2.35. The van der Waals surface area contributed by atoms with E-state index in [1.807, 2.05) is 18.2 Å². The third kappa shape index (κ3) is 2.35. The van der Waals surface area contributed by atoms with Gasteiger partial charge in [-0.15, -0.1) is 0 Å². The lowest BCUT2D eigenvalue weighted by molar-refractivity contribution is -0.123. The first-order chi connectivity index (χ1) is 8.26. The zero-order chi connectivity index (χ0) is 12.3. The monoisotopic (exact) mass is 235 g/mol. The topological polar surface area (TPSA) is 47.6 Å². The number of benzene rings is 1. The average molecular weight is 235 g/mol. The van der Waals surface area contributed by atoms with Crippen LogP contribution in [0.2, 0.25) is 0 Å². The van der Waals surface area contributed by atoms with Gasteiger partial charge in [-0.2, -0.15) is 0 Å². The predicted octanol–water partition coefficient (Wildman–Crippen LogP) is 1.70. The average Bonchev–Trinajstić information content (AvgIpc) is 2.38. The summed E-state index contributed by atoms with van der Waals surface area (Å²) in [5.41, 5.74) is 0.907. The maximum absolute atomic E-state index is 11.9. The lowest BCUT2D eigenvalue weighted by atomic mass is 9.90. The Kier molecular flexibility index (Phi) is 3.52. The summed E-state index contributed by atoms with van der Waals surface area (Å²) in [5.74, 6) is 1.43. The molecule has 2 rings (SSSR count). The van der Waals surface area contributed by atoms with Crippen molar-refractivity contribution in [2.75, 3.05) is 20.8 Å². The van der Waals surface area contributed by atoms with Crippen LogP contribution in [0.3, 0.4) is 0 Å². The van der Waals surface area contributed by atoms with Crippen LogP contribution in [0.1, 0.15) is 24.3 Å². The van der Waals surface area contributed by atoms with Crippen molar-refractivity contribution >= 4 is 5.91 Å². The smallest absolute Gasteiger partial charge is 0.227 e. The first kappa shape index (κ1) is 11.8. The van der Waals surface area contributed by atoms with E-state index in [0.717, 1.165) is 36.4 Å². The zero-order valence-corrected chi connectivity index (χ0v) is 10.2. The molecule has 1 amide bonds. The maximum atomic E-state index is 11.9. The minimum atomic E-state index is -0.131. The Bertz CT molecular complexity index is 417. The fraction of sp³-hybridized carbons (Fsp3) is 0.462. The summed E-state index contributed by atoms with van der Waals surface area (Å²) in [6.07, 6.45) is 1.85. The molecular formula is C13H17NO3. The number of nitrogens with one attached hydrogen (secondary N) is 1. The number of carbonyl (C=O) groups is 1. The Morgan fingerprint density at radius 3 is 2.76 bits per heavy atom. The molecule has 1 fully saturated rings. The number of rotatable bonds is 3. The van der Waals surface area contributed by atoms with E-state index in [1.165, 1.54) is 0 Å². The quantitative estimate of drug-likeness (QED) is 0.867. The van der Waals surface area contributed by atoms with Crippen LogP contribution < -0.4 is 14.8 Å². The molecule has 1 atom stereocenters. The highest BCUT2D eigenvalue weighted by atomic mass is 16.5. The summed E-state index contributed by atoms with van der Waals surface area (Å²) in [4.78, 5) is 11.9. The fourth-order valence-corrected chi connectivity index (χ4v) is 2.18. The van der Waals surface area contributed by atoms with Crippen molar-refractivity contribution in [2.45, 2.75) is 18.8 Å². The van der Waals surface area contributed by atoms with Crippen LogP contribution in [0.5, 0.6) is 11.5 Å². The highest BCUT2D eigenvalue weighted by Gasteiger charge is 2.26. The molecule has 1 aromatic rings. The molecule has 17 heavy (non-hydrogen) atoms. The highest BCUT2D eigenvalue weighted by Crippen LogP contribution is 2.34. The van der Waals surface area contributed by atoms with Gasteiger partial charge in [-0.3, -0.25) is 4.79 Å². The van der Waals surface area contributed by atoms with Crippen LogP contribution >= 0.6 is 0 Å². The molecule has 0 aromatic heterocycles. The largest absolute Gasteiger partial charge is 0.497 e. The molecule has 1 heterocycles. The van der Waals surface area contributed by atoms with Crippen molar-refractivity contribution in [2.24, 2.45) is 0 Å². The Hall–Kier alpha value is -1.71. The fourth-order valence-electron chi connectivity index (χ4n) is 2.18. The van der Waals surface area contributed by atoms with Crippen molar-refractivity contribution in [1.82, 2.24) is 5.32 Å². The molecule has 4 heteroatoms. The summed E-state index contributed by atoms with van der Waals surface area (Å²) in [6.45, 7) is 0.765. The third-order valence-corrected chi connectivity index (χ3v) is 3.10. The van der Waals surface area contributed by atoms with Crippen molar-refractivity contribution in [3.8, 4) is 11.5 Å². The minimum absolute atomic E-state index is 0.0720. The first-order valence-electron chi connectivity index (χ1n) is 5.76. The van der Waals surface area contributed by atoms with Gasteiger partial charge in [0.2, 0.25) is 5.91 Å². The van der Waals surface area contributed by atoms with Gasteiger partial charge in [0.15, 0.2) is 0 Å². The number of carbonyl (C=O) groups excluding carboxylic acids is 1. The number of ether oxygens (including phenoxy) is 2. The van der Waals surface area contributed by atoms with Gasteiger partial charge in [-0.05, 0) is 31.0 Å². The number of hydrogen-bond acceptors (Lipinski definition) is 3. The molecule has 0 bridgehead atoms. The molecule has 1 aliphatic heterocycles. The van der Waals surface area contributed by atoms with E-state index in [1.54, 1.807) is 14.2 Å². The third-order valence-electron chi connectivity index (χ3n) is 3.10. The maximum Gasteiger partial charge on any atom is 0.227 e. The van der Waals surface area contributed by atoms with E-state index in [9.17, 15) is 4.79 Å². The van der Waals surface area contributed by atoms with Crippen LogP contribution in [-0.2, 0) is 4.79 Å². The molecule has 0 radical (unpaired) electrons. The van der Waals surface area contributed by atoms with E-state index in [2.05, 4.69) is 5.32 Å². The number of methoxy groups -OCH3 is 2. The molecule has 1 unspecified atom stereocenters. The molecule has 0 spiro atoms. The van der Waals surface area contributed by atoms with Gasteiger partial charge in [0.05, 0.1) is 20.1 Å². The summed E-state index contributed by atoms with van der Waals surface area (Å²) in [5, 5.41) is 2.88. The van der Waals surface area contributed by atoms with Crippen LogP contribution in [0.25, 0.3) is 0 Å². The lowest BCUT2D eigenvalue weighted by Gasteiger charge is -2.24. The Labute approximate surface area is 101 Å². The van der Waals surface area contributed by atoms with E-state index in [4.69, 9.17) is 9.47 Å². The van der Waals surface area contributed by atoms with Gasteiger partial charge in [0.1, 0.15) is 11.5 Å². The molecule has 4 nitrogen and oxygen atoms in total. The van der Waals surface area contributed by atoms with Crippen molar-refractivity contribution in [1.29, 1.82) is 0 Å². The first-order valence-corrected chi connectivity index (χ1v) is 5.76. The van der Waals surface area contributed by atoms with Crippen LogP contribution in [0, 0.1) is 0 Å². The van der Waals surface area contributed by atoms with Crippen molar-refractivity contribution < 1.29 is 14.3 Å². The van der Waals surface area contributed by atoms with Crippen LogP contribution in [-0.4, -0.2) is 26.7 Å². The molecule has 0 aliphatic carbocycles. The summed E-state index contributed by atoms with van der Waals surface area (Å²) < 4.78 is 10.5. The zero-order valence-electron chi connectivity index (χ0n) is 10.2. The Balaban J connectivity index is 2.37. The van der Waals surface area contributed by atoms with Gasteiger partial charge in [-0.1, -0.05) is 0 Å². The number of hydrogen-bond donors (Lipinski definition) is 1. The SMILES string of the molecule is COc1ccc(OC)c(C2CCCNC2=O)c1. The normalized spacial score (nSPS) is 19.6. The summed E-state index contributed by atoms with van der Waals surface area (Å²) in [7, 11) is 3.23. The second kappa shape index (κ2) is 5.08. The second-order valence-electron chi connectivity index (χ2n) is 4.09. The van der Waals surface area contributed by atoms with Gasteiger partial charge in [-0.25, -0.2) is 0 Å².